The van der Waals surface area contributed by atoms with E-state index in [2.05, 4.69) is 19.8 Å². The summed E-state index contributed by atoms with van der Waals surface area (Å²) in [6.07, 6.45) is -3.57. The van der Waals surface area contributed by atoms with Crippen LogP contribution in [0.25, 0.3) is 5.78 Å². The lowest BCUT2D eigenvalue weighted by molar-refractivity contribution is -0.274. The smallest absolute Gasteiger partial charge is 0.466 e. The van der Waals surface area contributed by atoms with Crippen molar-refractivity contribution in [3.05, 3.63) is 41.9 Å². The number of aryl methyl sites for hydroxylation is 1. The first-order valence-corrected chi connectivity index (χ1v) is 12.4. The molecule has 1 aromatic carbocycles. The first kappa shape index (κ1) is 25.6. The summed E-state index contributed by atoms with van der Waals surface area (Å²) in [5, 5.41) is 4.22. The number of carbonyl (C=O) groups is 1. The fourth-order valence-corrected chi connectivity index (χ4v) is 5.38. The van der Waals surface area contributed by atoms with Crippen molar-refractivity contribution in [3.63, 3.8) is 0 Å². The summed E-state index contributed by atoms with van der Waals surface area (Å²) in [5.74, 6) is -0.0207. The van der Waals surface area contributed by atoms with E-state index < -0.39 is 28.1 Å². The minimum absolute atomic E-state index is 0.0390. The topological polar surface area (TPSA) is 119 Å². The van der Waals surface area contributed by atoms with E-state index in [-0.39, 0.29) is 44.1 Å². The Kier molecular flexibility index (Phi) is 7.04. The predicted molar refractivity (Wildman–Crippen MR) is 120 cm³/mol. The summed E-state index contributed by atoms with van der Waals surface area (Å²) in [5.41, 5.74) is 1.18. The number of fused-ring (bicyclic) bond motifs is 1. The number of sulfonamides is 1. The number of ether oxygens (including phenoxy) is 2. The van der Waals surface area contributed by atoms with Crippen LogP contribution in [-0.4, -0.2) is 77.4 Å². The number of benzene rings is 1. The second kappa shape index (κ2) is 9.89. The van der Waals surface area contributed by atoms with Gasteiger partial charge in [-0.2, -0.15) is 18.9 Å². The maximum atomic E-state index is 13.1. The molecule has 3 aromatic rings. The highest BCUT2D eigenvalue weighted by Crippen LogP contribution is 2.28. The second-order valence-electron chi connectivity index (χ2n) is 7.86. The maximum Gasteiger partial charge on any atom is 0.573 e. The van der Waals surface area contributed by atoms with Crippen molar-refractivity contribution in [2.24, 2.45) is 0 Å². The molecule has 0 N–H and O–H groups in total. The van der Waals surface area contributed by atoms with Crippen molar-refractivity contribution in [3.8, 4) is 5.75 Å². The van der Waals surface area contributed by atoms with Crippen LogP contribution in [0.3, 0.4) is 0 Å². The average Bonchev–Trinajstić information content (AvgIpc) is 3.27. The van der Waals surface area contributed by atoms with E-state index in [1.165, 1.54) is 15.1 Å². The van der Waals surface area contributed by atoms with E-state index in [0.29, 0.717) is 22.9 Å². The first-order chi connectivity index (χ1) is 17.0. The molecular formula is C21H23F3N6O5S. The fourth-order valence-electron chi connectivity index (χ4n) is 3.96. The lowest BCUT2D eigenvalue weighted by Gasteiger charge is -2.36. The van der Waals surface area contributed by atoms with Crippen LogP contribution in [0.4, 0.5) is 19.0 Å². The van der Waals surface area contributed by atoms with Crippen molar-refractivity contribution in [1.29, 1.82) is 0 Å². The van der Waals surface area contributed by atoms with Gasteiger partial charge in [0.25, 0.3) is 5.78 Å². The maximum absolute atomic E-state index is 13.1. The number of aromatic nitrogens is 4. The largest absolute Gasteiger partial charge is 0.573 e. The quantitative estimate of drug-likeness (QED) is 0.424. The number of alkyl halides is 3. The van der Waals surface area contributed by atoms with Gasteiger partial charge < -0.3 is 14.4 Å². The highest BCUT2D eigenvalue weighted by atomic mass is 32.2. The van der Waals surface area contributed by atoms with Crippen molar-refractivity contribution >= 4 is 27.6 Å². The Morgan fingerprint density at radius 2 is 1.78 bits per heavy atom. The van der Waals surface area contributed by atoms with Crippen LogP contribution in [0.2, 0.25) is 0 Å². The molecule has 0 atom stereocenters. The van der Waals surface area contributed by atoms with Crippen LogP contribution in [0.15, 0.2) is 35.5 Å². The number of carbonyl (C=O) groups excluding carboxylic acids is 1. The molecule has 0 unspecified atom stereocenters. The van der Waals surface area contributed by atoms with Crippen molar-refractivity contribution in [1.82, 2.24) is 23.9 Å². The minimum Gasteiger partial charge on any atom is -0.466 e. The van der Waals surface area contributed by atoms with Gasteiger partial charge in [0.2, 0.25) is 10.0 Å². The third-order valence-electron chi connectivity index (χ3n) is 5.56. The molecule has 194 valence electrons. The standard InChI is InChI=1S/C21H23F3N6O5S/c1-3-34-18(31)12-17-14(2)27-20-25-13-26-30(20)19(17)28-8-10-29(11-9-28)36(32,33)16-6-4-15(5-7-16)35-21(22,23)24/h4-7,13H,3,8-12H2,1-2H3. The number of esters is 1. The van der Waals surface area contributed by atoms with Crippen LogP contribution in [0, 0.1) is 6.92 Å². The zero-order valence-electron chi connectivity index (χ0n) is 19.4. The normalized spacial score (nSPS) is 15.3. The number of rotatable bonds is 7. The van der Waals surface area contributed by atoms with E-state index in [1.807, 2.05) is 4.90 Å². The highest BCUT2D eigenvalue weighted by Gasteiger charge is 2.33. The lowest BCUT2D eigenvalue weighted by atomic mass is 10.1. The molecule has 0 bridgehead atoms. The number of hydrogen-bond acceptors (Lipinski definition) is 9. The molecule has 0 radical (unpaired) electrons. The number of nitrogens with zero attached hydrogens (tertiary/aromatic N) is 6. The number of halogens is 3. The van der Waals surface area contributed by atoms with E-state index >= 15 is 0 Å². The van der Waals surface area contributed by atoms with Crippen LogP contribution in [0.1, 0.15) is 18.2 Å². The van der Waals surface area contributed by atoms with Crippen LogP contribution in [-0.2, 0) is 26.0 Å². The van der Waals surface area contributed by atoms with Gasteiger partial charge in [0, 0.05) is 37.4 Å². The Labute approximate surface area is 204 Å². The summed E-state index contributed by atoms with van der Waals surface area (Å²) >= 11 is 0. The van der Waals surface area contributed by atoms with Gasteiger partial charge in [-0.1, -0.05) is 0 Å². The molecule has 1 fully saturated rings. The molecule has 0 spiro atoms. The van der Waals surface area contributed by atoms with Gasteiger partial charge in [-0.3, -0.25) is 4.79 Å². The minimum atomic E-state index is -4.87. The summed E-state index contributed by atoms with van der Waals surface area (Å²) in [6.45, 7) is 4.41. The molecule has 0 amide bonds. The molecule has 0 aliphatic carbocycles. The number of hydrogen-bond donors (Lipinski definition) is 0. The molecule has 4 rings (SSSR count). The molecule has 1 saturated heterocycles. The van der Waals surface area contributed by atoms with Gasteiger partial charge in [-0.15, -0.1) is 13.2 Å². The van der Waals surface area contributed by atoms with Crippen molar-refractivity contribution in [2.75, 3.05) is 37.7 Å². The van der Waals surface area contributed by atoms with E-state index in [0.717, 1.165) is 24.3 Å². The molecule has 15 heteroatoms. The summed E-state index contributed by atoms with van der Waals surface area (Å²) in [6, 6.07) is 4.07. The van der Waals surface area contributed by atoms with Crippen LogP contribution >= 0.6 is 0 Å². The fraction of sp³-hybridized carbons (Fsp3) is 0.429. The third-order valence-corrected chi connectivity index (χ3v) is 7.48. The van der Waals surface area contributed by atoms with E-state index in [9.17, 15) is 26.4 Å². The van der Waals surface area contributed by atoms with Crippen LogP contribution in [0.5, 0.6) is 5.75 Å². The lowest BCUT2D eigenvalue weighted by Crippen LogP contribution is -2.49. The number of piperazine rings is 1. The van der Waals surface area contributed by atoms with Crippen molar-refractivity contribution < 1.29 is 35.9 Å². The summed E-state index contributed by atoms with van der Waals surface area (Å²) in [7, 11) is -3.96. The Hall–Kier alpha value is -3.46. The predicted octanol–water partition coefficient (Wildman–Crippen LogP) is 1.95. The Morgan fingerprint density at radius 1 is 1.11 bits per heavy atom. The highest BCUT2D eigenvalue weighted by molar-refractivity contribution is 7.89. The zero-order chi connectivity index (χ0) is 26.1. The van der Waals surface area contributed by atoms with Crippen molar-refractivity contribution in [2.45, 2.75) is 31.5 Å². The third kappa shape index (κ3) is 5.36. The molecule has 1 aliphatic rings. The zero-order valence-corrected chi connectivity index (χ0v) is 20.2. The first-order valence-electron chi connectivity index (χ1n) is 11.0. The monoisotopic (exact) mass is 528 g/mol. The number of anilines is 1. The molecule has 2 aromatic heterocycles. The molecule has 0 saturated carbocycles. The van der Waals surface area contributed by atoms with Gasteiger partial charge in [-0.25, -0.2) is 13.4 Å². The molecular weight excluding hydrogens is 505 g/mol. The van der Waals surface area contributed by atoms with Gasteiger partial charge >= 0.3 is 12.3 Å². The van der Waals surface area contributed by atoms with Crippen LogP contribution < -0.4 is 9.64 Å². The Bertz CT molecular complexity index is 1350. The summed E-state index contributed by atoms with van der Waals surface area (Å²) in [4.78, 5) is 22.5. The Morgan fingerprint density at radius 3 is 2.39 bits per heavy atom. The molecule has 1 aliphatic heterocycles. The average molecular weight is 529 g/mol. The van der Waals surface area contributed by atoms with Gasteiger partial charge in [0.15, 0.2) is 0 Å². The van der Waals surface area contributed by atoms with Gasteiger partial charge in [0.1, 0.15) is 17.9 Å². The van der Waals surface area contributed by atoms with Gasteiger partial charge in [0.05, 0.1) is 17.9 Å². The Balaban J connectivity index is 1.55. The van der Waals surface area contributed by atoms with E-state index in [1.54, 1.807) is 13.8 Å². The molecule has 11 nitrogen and oxygen atoms in total. The molecule has 3 heterocycles. The SMILES string of the molecule is CCOC(=O)Cc1c(C)nc2ncnn2c1N1CCN(S(=O)(=O)c2ccc(OC(F)(F)F)cc2)CC1. The summed E-state index contributed by atoms with van der Waals surface area (Å²) < 4.78 is 75.0. The van der Waals surface area contributed by atoms with Gasteiger partial charge in [-0.05, 0) is 38.1 Å². The van der Waals surface area contributed by atoms with E-state index in [4.69, 9.17) is 4.74 Å². The molecule has 36 heavy (non-hydrogen) atoms. The second-order valence-corrected chi connectivity index (χ2v) is 9.80.